The molecule has 0 aliphatic heterocycles. The van der Waals surface area contributed by atoms with Gasteiger partial charge in [0.25, 0.3) is 0 Å². The Balaban J connectivity index is 2.31. The van der Waals surface area contributed by atoms with Gasteiger partial charge in [0.1, 0.15) is 0 Å². The van der Waals surface area contributed by atoms with Crippen LogP contribution in [0.25, 0.3) is 16.9 Å². The van der Waals surface area contributed by atoms with Crippen molar-refractivity contribution >= 4 is 28.8 Å². The van der Waals surface area contributed by atoms with Crippen LogP contribution in [-0.4, -0.2) is 14.6 Å². The standard InChI is InChI=1S/C13H9Cl2N3/c1-8-6-13-16-5-4-12(18(13)17-8)10-3-2-9(14)7-11(10)15/h2-7H,1H3. The summed E-state index contributed by atoms with van der Waals surface area (Å²) in [6.45, 7) is 1.93. The minimum Gasteiger partial charge on any atom is -0.237 e. The first-order valence-corrected chi connectivity index (χ1v) is 6.17. The molecule has 0 aliphatic rings. The average molecular weight is 278 g/mol. The molecule has 0 atom stereocenters. The van der Waals surface area contributed by atoms with Gasteiger partial charge in [-0.15, -0.1) is 0 Å². The van der Waals surface area contributed by atoms with Crippen molar-refractivity contribution in [1.82, 2.24) is 14.6 Å². The summed E-state index contributed by atoms with van der Waals surface area (Å²) in [5.41, 5.74) is 3.50. The lowest BCUT2D eigenvalue weighted by molar-refractivity contribution is 0.925. The van der Waals surface area contributed by atoms with Gasteiger partial charge in [0.05, 0.1) is 16.4 Å². The van der Waals surface area contributed by atoms with E-state index in [0.29, 0.717) is 10.0 Å². The molecular weight excluding hydrogens is 269 g/mol. The molecule has 0 fully saturated rings. The van der Waals surface area contributed by atoms with Gasteiger partial charge in [-0.2, -0.15) is 5.10 Å². The van der Waals surface area contributed by atoms with E-state index in [9.17, 15) is 0 Å². The van der Waals surface area contributed by atoms with Crippen LogP contribution >= 0.6 is 23.2 Å². The third kappa shape index (κ3) is 1.85. The Labute approximate surface area is 114 Å². The van der Waals surface area contributed by atoms with E-state index in [0.717, 1.165) is 22.6 Å². The van der Waals surface area contributed by atoms with E-state index in [-0.39, 0.29) is 0 Å². The van der Waals surface area contributed by atoms with Gasteiger partial charge in [-0.25, -0.2) is 9.50 Å². The van der Waals surface area contributed by atoms with E-state index in [4.69, 9.17) is 23.2 Å². The molecule has 3 nitrogen and oxygen atoms in total. The molecule has 0 amide bonds. The highest BCUT2D eigenvalue weighted by molar-refractivity contribution is 6.36. The highest BCUT2D eigenvalue weighted by atomic mass is 35.5. The van der Waals surface area contributed by atoms with Gasteiger partial charge >= 0.3 is 0 Å². The highest BCUT2D eigenvalue weighted by Crippen LogP contribution is 2.30. The van der Waals surface area contributed by atoms with Crippen LogP contribution in [0.1, 0.15) is 5.69 Å². The van der Waals surface area contributed by atoms with Crippen LogP contribution in [0.4, 0.5) is 0 Å². The quantitative estimate of drug-likeness (QED) is 0.673. The summed E-state index contributed by atoms with van der Waals surface area (Å²) in [5.74, 6) is 0. The number of nitrogens with zero attached hydrogens (tertiary/aromatic N) is 3. The summed E-state index contributed by atoms with van der Waals surface area (Å²) < 4.78 is 1.78. The minimum absolute atomic E-state index is 0.600. The lowest BCUT2D eigenvalue weighted by Crippen LogP contribution is -1.96. The molecule has 0 aliphatic carbocycles. The first-order chi connectivity index (χ1) is 8.65. The second-order valence-electron chi connectivity index (χ2n) is 4.01. The van der Waals surface area contributed by atoms with Crippen LogP contribution in [0.2, 0.25) is 10.0 Å². The zero-order chi connectivity index (χ0) is 12.7. The molecule has 0 unspecified atom stereocenters. The fourth-order valence-electron chi connectivity index (χ4n) is 1.91. The summed E-state index contributed by atoms with van der Waals surface area (Å²) in [5, 5.41) is 5.63. The second-order valence-corrected chi connectivity index (χ2v) is 4.85. The number of aryl methyl sites for hydroxylation is 1. The van der Waals surface area contributed by atoms with E-state index in [1.807, 2.05) is 31.2 Å². The molecule has 5 heteroatoms. The normalized spacial score (nSPS) is 11.1. The molecule has 0 saturated heterocycles. The van der Waals surface area contributed by atoms with Gasteiger partial charge in [0, 0.05) is 22.8 Å². The van der Waals surface area contributed by atoms with Crippen molar-refractivity contribution in [3.05, 3.63) is 52.3 Å². The maximum absolute atomic E-state index is 6.23. The molecule has 0 bridgehead atoms. The van der Waals surface area contributed by atoms with E-state index in [1.165, 1.54) is 0 Å². The minimum atomic E-state index is 0.600. The Morgan fingerprint density at radius 1 is 1.11 bits per heavy atom. The summed E-state index contributed by atoms with van der Waals surface area (Å²) in [4.78, 5) is 4.27. The van der Waals surface area contributed by atoms with E-state index in [1.54, 1.807) is 16.8 Å². The monoisotopic (exact) mass is 277 g/mol. The molecule has 0 saturated carbocycles. The molecule has 3 rings (SSSR count). The predicted octanol–water partition coefficient (Wildman–Crippen LogP) is 4.01. The topological polar surface area (TPSA) is 30.2 Å². The van der Waals surface area contributed by atoms with Crippen molar-refractivity contribution in [1.29, 1.82) is 0 Å². The lowest BCUT2D eigenvalue weighted by Gasteiger charge is -2.06. The summed E-state index contributed by atoms with van der Waals surface area (Å²) in [7, 11) is 0. The SMILES string of the molecule is Cc1cc2nccc(-c3ccc(Cl)cc3Cl)n2n1. The Bertz CT molecular complexity index is 734. The molecule has 1 aromatic carbocycles. The molecule has 2 heterocycles. The Kier molecular flexibility index (Phi) is 2.73. The molecule has 18 heavy (non-hydrogen) atoms. The van der Waals surface area contributed by atoms with Gasteiger partial charge in [-0.1, -0.05) is 23.2 Å². The van der Waals surface area contributed by atoms with Crippen LogP contribution < -0.4 is 0 Å². The number of rotatable bonds is 1. The van der Waals surface area contributed by atoms with E-state index < -0.39 is 0 Å². The third-order valence-electron chi connectivity index (χ3n) is 2.69. The van der Waals surface area contributed by atoms with Gasteiger partial charge in [0.15, 0.2) is 5.65 Å². The van der Waals surface area contributed by atoms with Crippen LogP contribution in [0.15, 0.2) is 36.5 Å². The van der Waals surface area contributed by atoms with Gasteiger partial charge in [0.2, 0.25) is 0 Å². The van der Waals surface area contributed by atoms with E-state index in [2.05, 4.69) is 10.1 Å². The predicted molar refractivity (Wildman–Crippen MR) is 73.2 cm³/mol. The second kappa shape index (κ2) is 4.26. The largest absolute Gasteiger partial charge is 0.237 e. The molecular formula is C13H9Cl2N3. The summed E-state index contributed by atoms with van der Waals surface area (Å²) in [6, 6.07) is 9.23. The summed E-state index contributed by atoms with van der Waals surface area (Å²) in [6.07, 6.45) is 1.75. The number of aromatic nitrogens is 3. The van der Waals surface area contributed by atoms with Crippen LogP contribution in [-0.2, 0) is 0 Å². The first kappa shape index (κ1) is 11.5. The maximum atomic E-state index is 6.23. The molecule has 90 valence electrons. The number of hydrogen-bond donors (Lipinski definition) is 0. The van der Waals surface area contributed by atoms with Crippen molar-refractivity contribution in [2.45, 2.75) is 6.92 Å². The number of halogens is 2. The third-order valence-corrected chi connectivity index (χ3v) is 3.24. The number of fused-ring (bicyclic) bond motifs is 1. The fourth-order valence-corrected chi connectivity index (χ4v) is 2.42. The molecule has 3 aromatic rings. The zero-order valence-corrected chi connectivity index (χ0v) is 11.1. The lowest BCUT2D eigenvalue weighted by atomic mass is 10.1. The number of hydrogen-bond acceptors (Lipinski definition) is 2. The van der Waals surface area contributed by atoms with Crippen LogP contribution in [0.3, 0.4) is 0 Å². The average Bonchev–Trinajstić information content (AvgIpc) is 2.69. The van der Waals surface area contributed by atoms with Crippen molar-refractivity contribution in [2.75, 3.05) is 0 Å². The number of benzene rings is 1. The first-order valence-electron chi connectivity index (χ1n) is 5.42. The molecule has 0 N–H and O–H groups in total. The van der Waals surface area contributed by atoms with E-state index >= 15 is 0 Å². The van der Waals surface area contributed by atoms with Crippen LogP contribution in [0, 0.1) is 6.92 Å². The Morgan fingerprint density at radius 2 is 1.94 bits per heavy atom. The molecule has 2 aromatic heterocycles. The zero-order valence-electron chi connectivity index (χ0n) is 9.56. The Morgan fingerprint density at radius 3 is 2.72 bits per heavy atom. The van der Waals surface area contributed by atoms with Crippen molar-refractivity contribution in [2.24, 2.45) is 0 Å². The summed E-state index contributed by atoms with van der Waals surface area (Å²) >= 11 is 12.1. The molecule has 0 radical (unpaired) electrons. The fraction of sp³-hybridized carbons (Fsp3) is 0.0769. The maximum Gasteiger partial charge on any atom is 0.155 e. The van der Waals surface area contributed by atoms with Crippen molar-refractivity contribution in [3.8, 4) is 11.3 Å². The van der Waals surface area contributed by atoms with Crippen molar-refractivity contribution in [3.63, 3.8) is 0 Å². The van der Waals surface area contributed by atoms with Crippen molar-refractivity contribution < 1.29 is 0 Å². The van der Waals surface area contributed by atoms with Gasteiger partial charge < -0.3 is 0 Å². The van der Waals surface area contributed by atoms with Gasteiger partial charge in [-0.05, 0) is 31.2 Å². The Hall–Kier alpha value is -1.58. The van der Waals surface area contributed by atoms with Crippen LogP contribution in [0.5, 0.6) is 0 Å². The highest BCUT2D eigenvalue weighted by Gasteiger charge is 2.10. The molecule has 0 spiro atoms. The smallest absolute Gasteiger partial charge is 0.155 e. The van der Waals surface area contributed by atoms with Gasteiger partial charge in [-0.3, -0.25) is 0 Å².